The van der Waals surface area contributed by atoms with Crippen molar-refractivity contribution >= 4 is 17.3 Å². The molecular formula is C12H11N5O3S. The molecule has 0 bridgehead atoms. The predicted molar refractivity (Wildman–Crippen MR) is 73.8 cm³/mol. The molecule has 3 aromatic heterocycles. The van der Waals surface area contributed by atoms with Crippen LogP contribution in [0.25, 0.3) is 10.6 Å². The molecule has 108 valence electrons. The first-order valence-electron chi connectivity index (χ1n) is 6.04. The number of aromatic carboxylic acids is 1. The van der Waals surface area contributed by atoms with Crippen LogP contribution in [0, 0.1) is 0 Å². The fourth-order valence-corrected chi connectivity index (χ4v) is 2.58. The lowest BCUT2D eigenvalue weighted by molar-refractivity contribution is 0.0689. The first kappa shape index (κ1) is 13.5. The lowest BCUT2D eigenvalue weighted by Gasteiger charge is -2.01. The fourth-order valence-electron chi connectivity index (χ4n) is 1.90. The van der Waals surface area contributed by atoms with Crippen molar-refractivity contribution in [1.29, 1.82) is 0 Å². The van der Waals surface area contributed by atoms with Gasteiger partial charge in [-0.05, 0) is 11.4 Å². The molecule has 21 heavy (non-hydrogen) atoms. The van der Waals surface area contributed by atoms with Gasteiger partial charge in [0.05, 0.1) is 17.1 Å². The van der Waals surface area contributed by atoms with Crippen molar-refractivity contribution in [1.82, 2.24) is 20.2 Å². The number of hydrogen-bond acceptors (Lipinski definition) is 7. The number of thiophene rings is 1. The van der Waals surface area contributed by atoms with E-state index in [2.05, 4.69) is 15.5 Å². The molecule has 0 spiro atoms. The first-order chi connectivity index (χ1) is 10.2. The molecule has 3 rings (SSSR count). The molecular weight excluding hydrogens is 294 g/mol. The molecule has 3 aromatic rings. The number of nitrogens with two attached hydrogens (primary N) is 1. The minimum absolute atomic E-state index is 0.0320. The summed E-state index contributed by atoms with van der Waals surface area (Å²) in [6.07, 6.45) is 0. The summed E-state index contributed by atoms with van der Waals surface area (Å²) in [4.78, 5) is 12.0. The van der Waals surface area contributed by atoms with Gasteiger partial charge in [0, 0.05) is 12.6 Å². The van der Waals surface area contributed by atoms with Crippen molar-refractivity contribution in [3.8, 4) is 10.6 Å². The fraction of sp³-hybridized carbons (Fsp3) is 0.167. The van der Waals surface area contributed by atoms with Gasteiger partial charge < -0.3 is 15.4 Å². The molecule has 0 atom stereocenters. The van der Waals surface area contributed by atoms with E-state index in [9.17, 15) is 4.79 Å². The van der Waals surface area contributed by atoms with Crippen LogP contribution in [0.15, 0.2) is 28.1 Å². The highest BCUT2D eigenvalue weighted by Crippen LogP contribution is 2.25. The number of rotatable bonds is 5. The molecule has 0 aromatic carbocycles. The zero-order valence-corrected chi connectivity index (χ0v) is 11.6. The van der Waals surface area contributed by atoms with E-state index in [4.69, 9.17) is 15.4 Å². The Balaban J connectivity index is 1.86. The Morgan fingerprint density at radius 3 is 3.05 bits per heavy atom. The lowest BCUT2D eigenvalue weighted by atomic mass is 10.3. The van der Waals surface area contributed by atoms with Crippen LogP contribution in [0.4, 0.5) is 0 Å². The topological polar surface area (TPSA) is 120 Å². The van der Waals surface area contributed by atoms with E-state index >= 15 is 0 Å². The van der Waals surface area contributed by atoms with Crippen LogP contribution in [0.2, 0.25) is 0 Å². The highest BCUT2D eigenvalue weighted by Gasteiger charge is 2.18. The second-order valence-corrected chi connectivity index (χ2v) is 5.16. The third-order valence-electron chi connectivity index (χ3n) is 2.87. The third-order valence-corrected chi connectivity index (χ3v) is 3.75. The van der Waals surface area contributed by atoms with Gasteiger partial charge in [-0.2, -0.15) is 0 Å². The lowest BCUT2D eigenvalue weighted by Crippen LogP contribution is -2.13. The minimum atomic E-state index is -1.15. The van der Waals surface area contributed by atoms with E-state index in [1.807, 2.05) is 17.5 Å². The Morgan fingerprint density at radius 2 is 2.38 bits per heavy atom. The summed E-state index contributed by atoms with van der Waals surface area (Å²) in [7, 11) is 0. The molecule has 0 saturated heterocycles. The summed E-state index contributed by atoms with van der Waals surface area (Å²) in [6.45, 7) is 0.284. The molecule has 8 nitrogen and oxygen atoms in total. The minimum Gasteiger partial charge on any atom is -0.476 e. The zero-order valence-electron chi connectivity index (χ0n) is 10.8. The van der Waals surface area contributed by atoms with Crippen molar-refractivity contribution in [3.63, 3.8) is 0 Å². The van der Waals surface area contributed by atoms with Crippen molar-refractivity contribution in [2.24, 2.45) is 5.73 Å². The maximum atomic E-state index is 11.0. The standard InChI is InChI=1S/C12H11N5O3S/c13-5-8-11(12(18)19)14-16-17(8)6-7-4-9(20-15-7)10-2-1-3-21-10/h1-4H,5-6,13H2,(H,18,19). The number of aromatic nitrogens is 4. The van der Waals surface area contributed by atoms with E-state index in [-0.39, 0.29) is 18.8 Å². The maximum Gasteiger partial charge on any atom is 0.358 e. The largest absolute Gasteiger partial charge is 0.476 e. The van der Waals surface area contributed by atoms with Crippen LogP contribution in [0.5, 0.6) is 0 Å². The van der Waals surface area contributed by atoms with Crippen molar-refractivity contribution in [3.05, 3.63) is 40.7 Å². The number of carboxylic acid groups (broad SMARTS) is 1. The third kappa shape index (κ3) is 2.56. The molecule has 0 aliphatic carbocycles. The molecule has 9 heteroatoms. The normalized spacial score (nSPS) is 10.9. The second-order valence-electron chi connectivity index (χ2n) is 4.21. The zero-order chi connectivity index (χ0) is 14.8. The van der Waals surface area contributed by atoms with Crippen LogP contribution >= 0.6 is 11.3 Å². The summed E-state index contributed by atoms with van der Waals surface area (Å²) in [5, 5.41) is 22.3. The van der Waals surface area contributed by atoms with Gasteiger partial charge in [-0.25, -0.2) is 9.48 Å². The number of carbonyl (C=O) groups is 1. The first-order valence-corrected chi connectivity index (χ1v) is 6.92. The van der Waals surface area contributed by atoms with Crippen LogP contribution in [0.3, 0.4) is 0 Å². The van der Waals surface area contributed by atoms with Crippen LogP contribution in [0.1, 0.15) is 21.9 Å². The SMILES string of the molecule is NCc1c(C(=O)O)nnn1Cc1cc(-c2cccs2)on1. The smallest absolute Gasteiger partial charge is 0.358 e. The van der Waals surface area contributed by atoms with Crippen molar-refractivity contribution in [2.75, 3.05) is 0 Å². The number of nitrogens with zero attached hydrogens (tertiary/aromatic N) is 4. The van der Waals surface area contributed by atoms with E-state index < -0.39 is 5.97 Å². The Morgan fingerprint density at radius 1 is 1.52 bits per heavy atom. The molecule has 0 amide bonds. The van der Waals surface area contributed by atoms with Crippen LogP contribution < -0.4 is 5.73 Å². The highest BCUT2D eigenvalue weighted by atomic mass is 32.1. The molecule has 0 radical (unpaired) electrons. The summed E-state index contributed by atoms with van der Waals surface area (Å²) in [6, 6.07) is 5.64. The van der Waals surface area contributed by atoms with Crippen LogP contribution in [-0.2, 0) is 13.1 Å². The van der Waals surface area contributed by atoms with E-state index in [0.29, 0.717) is 17.1 Å². The molecule has 3 N–H and O–H groups in total. The predicted octanol–water partition coefficient (Wildman–Crippen LogP) is 1.20. The molecule has 0 saturated carbocycles. The van der Waals surface area contributed by atoms with Crippen LogP contribution in [-0.4, -0.2) is 31.2 Å². The van der Waals surface area contributed by atoms with Gasteiger partial charge in [-0.1, -0.05) is 16.4 Å². The molecule has 0 aliphatic rings. The second kappa shape index (κ2) is 5.46. The van der Waals surface area contributed by atoms with Gasteiger partial charge in [-0.15, -0.1) is 16.4 Å². The van der Waals surface area contributed by atoms with Crippen molar-refractivity contribution < 1.29 is 14.4 Å². The Kier molecular flexibility index (Phi) is 3.50. The summed E-state index contributed by atoms with van der Waals surface area (Å²) >= 11 is 1.55. The quantitative estimate of drug-likeness (QED) is 0.726. The van der Waals surface area contributed by atoms with Crippen molar-refractivity contribution in [2.45, 2.75) is 13.1 Å². The molecule has 0 unspecified atom stereocenters. The summed E-state index contributed by atoms with van der Waals surface area (Å²) in [5.74, 6) is -0.492. The number of hydrogen-bond donors (Lipinski definition) is 2. The molecule has 0 aliphatic heterocycles. The highest BCUT2D eigenvalue weighted by molar-refractivity contribution is 7.13. The summed E-state index contributed by atoms with van der Waals surface area (Å²) in [5.41, 5.74) is 6.39. The Bertz CT molecular complexity index is 762. The average Bonchev–Trinajstić information content (AvgIpc) is 3.18. The Labute approximate surface area is 122 Å². The van der Waals surface area contributed by atoms with E-state index in [0.717, 1.165) is 4.88 Å². The summed E-state index contributed by atoms with van der Waals surface area (Å²) < 4.78 is 6.68. The monoisotopic (exact) mass is 305 g/mol. The Hall–Kier alpha value is -2.52. The maximum absolute atomic E-state index is 11.0. The van der Waals surface area contributed by atoms with E-state index in [1.165, 1.54) is 4.68 Å². The molecule has 3 heterocycles. The molecule has 0 fully saturated rings. The van der Waals surface area contributed by atoms with E-state index in [1.54, 1.807) is 17.4 Å². The van der Waals surface area contributed by atoms with Gasteiger partial charge in [0.25, 0.3) is 0 Å². The van der Waals surface area contributed by atoms with Gasteiger partial charge >= 0.3 is 5.97 Å². The number of carboxylic acids is 1. The van der Waals surface area contributed by atoms with Gasteiger partial charge in [0.2, 0.25) is 0 Å². The van der Waals surface area contributed by atoms with Gasteiger partial charge in [0.1, 0.15) is 5.69 Å². The average molecular weight is 305 g/mol. The van der Waals surface area contributed by atoms with Gasteiger partial charge in [-0.3, -0.25) is 0 Å². The van der Waals surface area contributed by atoms with Gasteiger partial charge in [0.15, 0.2) is 11.5 Å².